The van der Waals surface area contributed by atoms with Gasteiger partial charge in [-0.3, -0.25) is 9.97 Å². The Bertz CT molecular complexity index is 730. The van der Waals surface area contributed by atoms with Crippen LogP contribution in [0.3, 0.4) is 0 Å². The van der Waals surface area contributed by atoms with Gasteiger partial charge in [-0.1, -0.05) is 6.07 Å². The molecular weight excluding hydrogens is 208 g/mol. The van der Waals surface area contributed by atoms with Crippen LogP contribution in [0.2, 0.25) is 0 Å². The highest BCUT2D eigenvalue weighted by molar-refractivity contribution is 6.05. The number of fused-ring (bicyclic) bond motifs is 3. The van der Waals surface area contributed by atoms with E-state index in [1.54, 1.807) is 0 Å². The molecule has 0 N–H and O–H groups in total. The number of nitrogens with zero attached hydrogens (tertiary/aromatic N) is 2. The topological polar surface area (TPSA) is 25.8 Å². The Labute approximate surface area is 100 Å². The summed E-state index contributed by atoms with van der Waals surface area (Å²) < 4.78 is 0. The summed E-state index contributed by atoms with van der Waals surface area (Å²) in [6, 6.07) is 6.30. The maximum absolute atomic E-state index is 4.55. The number of hydrogen-bond acceptors (Lipinski definition) is 2. The highest BCUT2D eigenvalue weighted by Gasteiger charge is 2.08. The smallest absolute Gasteiger partial charge is 0.0967 e. The molecule has 2 aromatic heterocycles. The predicted octanol–water partition coefficient (Wildman–Crippen LogP) is 3.71. The summed E-state index contributed by atoms with van der Waals surface area (Å²) >= 11 is 0. The Morgan fingerprint density at radius 1 is 0.882 bits per heavy atom. The maximum Gasteiger partial charge on any atom is 0.0967 e. The van der Waals surface area contributed by atoms with Crippen molar-refractivity contribution in [1.82, 2.24) is 9.97 Å². The third kappa shape index (κ3) is 1.41. The molecule has 2 heterocycles. The molecule has 0 saturated heterocycles. The van der Waals surface area contributed by atoms with Crippen LogP contribution < -0.4 is 0 Å². The molecule has 2 nitrogen and oxygen atoms in total. The van der Waals surface area contributed by atoms with Crippen LogP contribution in [0.4, 0.5) is 0 Å². The van der Waals surface area contributed by atoms with Gasteiger partial charge in [-0.2, -0.15) is 0 Å². The lowest BCUT2D eigenvalue weighted by Crippen LogP contribution is -1.92. The molecule has 2 heteroatoms. The van der Waals surface area contributed by atoms with Crippen LogP contribution in [0.25, 0.3) is 21.8 Å². The molecule has 0 amide bonds. The summed E-state index contributed by atoms with van der Waals surface area (Å²) in [5.41, 5.74) is 5.80. The van der Waals surface area contributed by atoms with E-state index in [0.29, 0.717) is 0 Å². The van der Waals surface area contributed by atoms with Gasteiger partial charge in [0.25, 0.3) is 0 Å². The number of benzene rings is 1. The monoisotopic (exact) mass is 222 g/mol. The van der Waals surface area contributed by atoms with E-state index in [4.69, 9.17) is 0 Å². The SMILES string of the molecule is Cc1cnc2c(cc(C)c3cccnc32)c1C. The van der Waals surface area contributed by atoms with Crippen LogP contribution in [0.1, 0.15) is 16.7 Å². The van der Waals surface area contributed by atoms with Crippen molar-refractivity contribution in [1.29, 1.82) is 0 Å². The summed E-state index contributed by atoms with van der Waals surface area (Å²) in [7, 11) is 0. The number of aryl methyl sites for hydroxylation is 3. The Kier molecular flexibility index (Phi) is 2.11. The fourth-order valence-corrected chi connectivity index (χ4v) is 2.29. The second-order valence-corrected chi connectivity index (χ2v) is 4.56. The van der Waals surface area contributed by atoms with Crippen LogP contribution in [-0.4, -0.2) is 9.97 Å². The molecule has 84 valence electrons. The molecule has 0 saturated carbocycles. The zero-order valence-electron chi connectivity index (χ0n) is 10.3. The third-order valence-corrected chi connectivity index (χ3v) is 3.46. The second-order valence-electron chi connectivity index (χ2n) is 4.56. The van der Waals surface area contributed by atoms with E-state index in [9.17, 15) is 0 Å². The molecule has 0 bridgehead atoms. The van der Waals surface area contributed by atoms with Crippen molar-refractivity contribution in [3.8, 4) is 0 Å². The third-order valence-electron chi connectivity index (χ3n) is 3.46. The van der Waals surface area contributed by atoms with Crippen molar-refractivity contribution in [2.75, 3.05) is 0 Å². The Morgan fingerprint density at radius 3 is 2.47 bits per heavy atom. The van der Waals surface area contributed by atoms with Crippen molar-refractivity contribution in [2.24, 2.45) is 0 Å². The molecule has 3 aromatic rings. The number of pyridine rings is 2. The quantitative estimate of drug-likeness (QED) is 0.542. The molecular formula is C15H14N2. The molecule has 0 aliphatic heterocycles. The molecule has 0 radical (unpaired) electrons. The molecule has 3 rings (SSSR count). The molecule has 17 heavy (non-hydrogen) atoms. The highest BCUT2D eigenvalue weighted by atomic mass is 14.7. The van der Waals surface area contributed by atoms with Gasteiger partial charge in [0.05, 0.1) is 11.0 Å². The number of rotatable bonds is 0. The average molecular weight is 222 g/mol. The highest BCUT2D eigenvalue weighted by Crippen LogP contribution is 2.28. The lowest BCUT2D eigenvalue weighted by atomic mass is 10.0. The first-order valence-corrected chi connectivity index (χ1v) is 5.78. The molecule has 0 aliphatic rings. The molecule has 1 aromatic carbocycles. The summed E-state index contributed by atoms with van der Waals surface area (Å²) in [5, 5.41) is 2.41. The van der Waals surface area contributed by atoms with Crippen LogP contribution in [0.15, 0.2) is 30.6 Å². The van der Waals surface area contributed by atoms with Crippen molar-refractivity contribution in [3.05, 3.63) is 47.3 Å². The lowest BCUT2D eigenvalue weighted by molar-refractivity contribution is 1.27. The molecule has 0 unspecified atom stereocenters. The van der Waals surface area contributed by atoms with Crippen LogP contribution in [0.5, 0.6) is 0 Å². The van der Waals surface area contributed by atoms with Gasteiger partial charge in [-0.15, -0.1) is 0 Å². The van der Waals surface area contributed by atoms with Gasteiger partial charge in [-0.25, -0.2) is 0 Å². The second kappa shape index (κ2) is 3.52. The van der Waals surface area contributed by atoms with E-state index in [1.807, 2.05) is 18.5 Å². The van der Waals surface area contributed by atoms with E-state index in [-0.39, 0.29) is 0 Å². The van der Waals surface area contributed by atoms with Gasteiger partial charge in [-0.05, 0) is 49.6 Å². The molecule has 0 atom stereocenters. The van der Waals surface area contributed by atoms with Crippen molar-refractivity contribution in [2.45, 2.75) is 20.8 Å². The zero-order valence-corrected chi connectivity index (χ0v) is 10.3. The molecule has 0 fully saturated rings. The summed E-state index contributed by atoms with van der Waals surface area (Å²) in [6.45, 7) is 6.37. The van der Waals surface area contributed by atoms with Crippen molar-refractivity contribution in [3.63, 3.8) is 0 Å². The Hall–Kier alpha value is -1.96. The first-order valence-electron chi connectivity index (χ1n) is 5.78. The van der Waals surface area contributed by atoms with E-state index in [2.05, 4.69) is 42.9 Å². The first-order chi connectivity index (χ1) is 8.18. The van der Waals surface area contributed by atoms with Gasteiger partial charge in [0.1, 0.15) is 0 Å². The van der Waals surface area contributed by atoms with Gasteiger partial charge in [0, 0.05) is 23.2 Å². The predicted molar refractivity (Wildman–Crippen MR) is 71.3 cm³/mol. The minimum absolute atomic E-state index is 1.01. The van der Waals surface area contributed by atoms with Crippen LogP contribution in [-0.2, 0) is 0 Å². The number of aromatic nitrogens is 2. The van der Waals surface area contributed by atoms with E-state index < -0.39 is 0 Å². The fraction of sp³-hybridized carbons (Fsp3) is 0.200. The van der Waals surface area contributed by atoms with E-state index in [1.165, 1.54) is 27.5 Å². The Balaban J connectivity index is 2.62. The summed E-state index contributed by atoms with van der Waals surface area (Å²) in [6.07, 6.45) is 3.76. The van der Waals surface area contributed by atoms with Gasteiger partial charge in [0.15, 0.2) is 0 Å². The number of hydrogen-bond donors (Lipinski definition) is 0. The van der Waals surface area contributed by atoms with Crippen molar-refractivity contribution < 1.29 is 0 Å². The maximum atomic E-state index is 4.55. The normalized spacial score (nSPS) is 11.2. The summed E-state index contributed by atoms with van der Waals surface area (Å²) in [4.78, 5) is 9.03. The minimum Gasteiger partial charge on any atom is -0.254 e. The first kappa shape index (κ1) is 10.2. The van der Waals surface area contributed by atoms with Gasteiger partial charge >= 0.3 is 0 Å². The Morgan fingerprint density at radius 2 is 1.65 bits per heavy atom. The van der Waals surface area contributed by atoms with E-state index in [0.717, 1.165) is 11.0 Å². The van der Waals surface area contributed by atoms with Crippen LogP contribution in [0, 0.1) is 20.8 Å². The molecule has 0 aliphatic carbocycles. The zero-order chi connectivity index (χ0) is 12.0. The minimum atomic E-state index is 1.01. The van der Waals surface area contributed by atoms with Gasteiger partial charge < -0.3 is 0 Å². The van der Waals surface area contributed by atoms with Crippen LogP contribution >= 0.6 is 0 Å². The van der Waals surface area contributed by atoms with Crippen molar-refractivity contribution >= 4 is 21.8 Å². The standard InChI is InChI=1S/C15H14N2/c1-9-7-13-11(3)10(2)8-17-15(13)14-12(9)5-4-6-16-14/h4-8H,1-3H3. The fourth-order valence-electron chi connectivity index (χ4n) is 2.29. The largest absolute Gasteiger partial charge is 0.254 e. The lowest BCUT2D eigenvalue weighted by Gasteiger charge is -2.09. The van der Waals surface area contributed by atoms with E-state index >= 15 is 0 Å². The van der Waals surface area contributed by atoms with Gasteiger partial charge in [0.2, 0.25) is 0 Å². The molecule has 0 spiro atoms. The summed E-state index contributed by atoms with van der Waals surface area (Å²) in [5.74, 6) is 0. The average Bonchev–Trinajstić information content (AvgIpc) is 2.35.